The Morgan fingerprint density at radius 2 is 1.94 bits per heavy atom. The van der Waals surface area contributed by atoms with E-state index in [1.807, 2.05) is 31.3 Å². The highest BCUT2D eigenvalue weighted by molar-refractivity contribution is 6.01. The van der Waals surface area contributed by atoms with Gasteiger partial charge in [0.05, 0.1) is 5.41 Å². The lowest BCUT2D eigenvalue weighted by Crippen LogP contribution is -2.66. The van der Waals surface area contributed by atoms with Crippen molar-refractivity contribution in [3.63, 3.8) is 0 Å². The number of alkyl halides is 2. The van der Waals surface area contributed by atoms with Crippen LogP contribution in [0.15, 0.2) is 36.4 Å². The lowest BCUT2D eigenvalue weighted by atomic mass is 9.69. The number of carbonyl (C=O) groups excluding carboxylic acids is 1. The van der Waals surface area contributed by atoms with Gasteiger partial charge in [0.2, 0.25) is 11.8 Å². The van der Waals surface area contributed by atoms with Gasteiger partial charge >= 0.3 is 6.61 Å². The minimum absolute atomic E-state index is 0.144. The highest BCUT2D eigenvalue weighted by Gasteiger charge is 2.51. The zero-order valence-corrected chi connectivity index (χ0v) is 18.4. The second kappa shape index (κ2) is 9.70. The van der Waals surface area contributed by atoms with E-state index >= 15 is 0 Å². The highest BCUT2D eigenvalue weighted by atomic mass is 19.3. The van der Waals surface area contributed by atoms with Crippen molar-refractivity contribution in [3.05, 3.63) is 53.2 Å². The maximum atomic E-state index is 13.6. The molecule has 8 heteroatoms. The summed E-state index contributed by atoms with van der Waals surface area (Å²) in [7, 11) is 1.89. The number of amides is 1. The molecular formula is C23H30F2N4O2. The smallest absolute Gasteiger partial charge is 0.388 e. The maximum Gasteiger partial charge on any atom is 0.388 e. The Morgan fingerprint density at radius 3 is 2.58 bits per heavy atom. The van der Waals surface area contributed by atoms with Crippen molar-refractivity contribution in [3.8, 4) is 5.88 Å². The van der Waals surface area contributed by atoms with E-state index in [0.29, 0.717) is 18.8 Å². The van der Waals surface area contributed by atoms with Crippen LogP contribution in [0.3, 0.4) is 0 Å². The van der Waals surface area contributed by atoms with E-state index in [4.69, 9.17) is 0 Å². The number of rotatable bonds is 9. The SMILES string of the molecule is CNCCN1CC(C(=O)Nc2ccc(C)nc2OC(F)F)(c2ccccc2C(C)C)C1. The maximum absolute atomic E-state index is 13.6. The number of ether oxygens (including phenoxy) is 1. The number of pyridine rings is 1. The summed E-state index contributed by atoms with van der Waals surface area (Å²) in [5.74, 6) is -0.279. The number of likely N-dealkylation sites (tertiary alicyclic amines) is 1. The molecule has 1 saturated heterocycles. The van der Waals surface area contributed by atoms with Gasteiger partial charge in [0, 0.05) is 31.9 Å². The Hall–Kier alpha value is -2.58. The number of benzene rings is 1. The fourth-order valence-corrected chi connectivity index (χ4v) is 4.06. The first-order valence-electron chi connectivity index (χ1n) is 10.5. The van der Waals surface area contributed by atoms with E-state index in [2.05, 4.69) is 39.1 Å². The summed E-state index contributed by atoms with van der Waals surface area (Å²) < 4.78 is 30.3. The molecule has 0 unspecified atom stereocenters. The Bertz CT molecular complexity index is 914. The lowest BCUT2D eigenvalue weighted by molar-refractivity contribution is -0.128. The van der Waals surface area contributed by atoms with Gasteiger partial charge in [0.1, 0.15) is 5.69 Å². The van der Waals surface area contributed by atoms with Gasteiger partial charge in [-0.15, -0.1) is 0 Å². The van der Waals surface area contributed by atoms with Crippen LogP contribution in [0.25, 0.3) is 0 Å². The minimum atomic E-state index is -3.03. The summed E-state index contributed by atoms with van der Waals surface area (Å²) in [6.07, 6.45) is 0. The van der Waals surface area contributed by atoms with E-state index in [-0.39, 0.29) is 23.4 Å². The third kappa shape index (κ3) is 5.02. The third-order valence-electron chi connectivity index (χ3n) is 5.65. The van der Waals surface area contributed by atoms with Crippen molar-refractivity contribution < 1.29 is 18.3 Å². The van der Waals surface area contributed by atoms with Crippen molar-refractivity contribution in [2.24, 2.45) is 0 Å². The summed E-state index contributed by atoms with van der Waals surface area (Å²) >= 11 is 0. The van der Waals surface area contributed by atoms with Crippen molar-refractivity contribution >= 4 is 11.6 Å². The van der Waals surface area contributed by atoms with Gasteiger partial charge in [0.15, 0.2) is 0 Å². The molecule has 2 N–H and O–H groups in total. The first kappa shape index (κ1) is 23.1. The van der Waals surface area contributed by atoms with Gasteiger partial charge in [-0.25, -0.2) is 4.98 Å². The molecule has 0 bridgehead atoms. The fourth-order valence-electron chi connectivity index (χ4n) is 4.06. The first-order chi connectivity index (χ1) is 14.8. The zero-order chi connectivity index (χ0) is 22.6. The van der Waals surface area contributed by atoms with Crippen LogP contribution in [-0.2, 0) is 10.2 Å². The monoisotopic (exact) mass is 432 g/mol. The average Bonchev–Trinajstić information content (AvgIpc) is 2.69. The fraction of sp³-hybridized carbons (Fsp3) is 0.478. The summed E-state index contributed by atoms with van der Waals surface area (Å²) in [5, 5.41) is 5.95. The standard InChI is InChI=1S/C23H30F2N4O2/c1-15(2)17-7-5-6-8-18(17)23(13-29(14-23)12-11-26-4)21(30)28-19-10-9-16(3)27-20(19)31-22(24)25/h5-10,15,22,26H,11-14H2,1-4H3,(H,28,30). The molecule has 1 aromatic heterocycles. The number of halogens is 2. The second-order valence-corrected chi connectivity index (χ2v) is 8.28. The largest absolute Gasteiger partial charge is 0.415 e. The lowest BCUT2D eigenvalue weighted by Gasteiger charge is -2.50. The van der Waals surface area contributed by atoms with Gasteiger partial charge in [-0.1, -0.05) is 38.1 Å². The van der Waals surface area contributed by atoms with E-state index in [1.165, 1.54) is 0 Å². The molecule has 0 atom stereocenters. The highest BCUT2D eigenvalue weighted by Crippen LogP contribution is 2.40. The number of carbonyl (C=O) groups is 1. The Kier molecular flexibility index (Phi) is 7.23. The van der Waals surface area contributed by atoms with E-state index < -0.39 is 12.0 Å². The summed E-state index contributed by atoms with van der Waals surface area (Å²) in [6, 6.07) is 11.2. The predicted molar refractivity (Wildman–Crippen MR) is 117 cm³/mol. The summed E-state index contributed by atoms with van der Waals surface area (Å²) in [5.41, 5.74) is 1.97. The molecule has 0 radical (unpaired) electrons. The number of nitrogens with one attached hydrogen (secondary N) is 2. The van der Waals surface area contributed by atoms with Gasteiger partial charge in [0.25, 0.3) is 0 Å². The third-order valence-corrected chi connectivity index (χ3v) is 5.65. The van der Waals surface area contributed by atoms with Crippen LogP contribution >= 0.6 is 0 Å². The van der Waals surface area contributed by atoms with Gasteiger partial charge in [-0.05, 0) is 43.1 Å². The number of hydrogen-bond acceptors (Lipinski definition) is 5. The van der Waals surface area contributed by atoms with Crippen molar-refractivity contribution in [1.29, 1.82) is 0 Å². The molecule has 1 amide bonds. The van der Waals surface area contributed by atoms with Crippen LogP contribution in [0.4, 0.5) is 14.5 Å². The molecule has 0 aliphatic carbocycles. The molecule has 0 saturated carbocycles. The molecular weight excluding hydrogens is 402 g/mol. The van der Waals surface area contributed by atoms with E-state index in [0.717, 1.165) is 24.2 Å². The quantitative estimate of drug-likeness (QED) is 0.635. The Morgan fingerprint density at radius 1 is 1.23 bits per heavy atom. The molecule has 168 valence electrons. The average molecular weight is 433 g/mol. The minimum Gasteiger partial charge on any atom is -0.415 e. The first-order valence-corrected chi connectivity index (χ1v) is 10.5. The normalized spacial score (nSPS) is 15.7. The van der Waals surface area contributed by atoms with Crippen LogP contribution in [0.5, 0.6) is 5.88 Å². The summed E-state index contributed by atoms with van der Waals surface area (Å²) in [6.45, 7) is 5.58. The number of anilines is 1. The number of aryl methyl sites for hydroxylation is 1. The van der Waals surface area contributed by atoms with Crippen molar-refractivity contribution in [1.82, 2.24) is 15.2 Å². The van der Waals surface area contributed by atoms with Crippen LogP contribution < -0.4 is 15.4 Å². The Balaban J connectivity index is 1.94. The van der Waals surface area contributed by atoms with Gasteiger partial charge in [-0.3, -0.25) is 9.69 Å². The van der Waals surface area contributed by atoms with Crippen LogP contribution in [0.1, 0.15) is 36.6 Å². The van der Waals surface area contributed by atoms with Crippen molar-refractivity contribution in [2.75, 3.05) is 38.5 Å². The molecule has 6 nitrogen and oxygen atoms in total. The van der Waals surface area contributed by atoms with Crippen LogP contribution in [0, 0.1) is 6.92 Å². The molecule has 1 aromatic carbocycles. The van der Waals surface area contributed by atoms with Crippen LogP contribution in [-0.4, -0.2) is 55.6 Å². The summed E-state index contributed by atoms with van der Waals surface area (Å²) in [4.78, 5) is 19.8. The zero-order valence-electron chi connectivity index (χ0n) is 18.4. The number of aromatic nitrogens is 1. The molecule has 1 aliphatic rings. The molecule has 3 rings (SSSR count). The number of nitrogens with zero attached hydrogens (tertiary/aromatic N) is 2. The molecule has 2 heterocycles. The van der Waals surface area contributed by atoms with E-state index in [9.17, 15) is 13.6 Å². The second-order valence-electron chi connectivity index (χ2n) is 8.28. The molecule has 2 aromatic rings. The molecule has 31 heavy (non-hydrogen) atoms. The molecule has 0 spiro atoms. The van der Waals surface area contributed by atoms with Crippen molar-refractivity contribution in [2.45, 2.75) is 38.7 Å². The number of likely N-dealkylation sites (N-methyl/N-ethyl adjacent to an activating group) is 1. The Labute approximate surface area is 182 Å². The topological polar surface area (TPSA) is 66.5 Å². The van der Waals surface area contributed by atoms with Gasteiger partial charge < -0.3 is 15.4 Å². The van der Waals surface area contributed by atoms with Gasteiger partial charge in [-0.2, -0.15) is 8.78 Å². The van der Waals surface area contributed by atoms with E-state index in [1.54, 1.807) is 19.1 Å². The molecule has 1 aliphatic heterocycles. The predicted octanol–water partition coefficient (Wildman–Crippen LogP) is 3.53. The van der Waals surface area contributed by atoms with Crippen LogP contribution in [0.2, 0.25) is 0 Å². The molecule has 1 fully saturated rings. The number of hydrogen-bond donors (Lipinski definition) is 2.